The van der Waals surface area contributed by atoms with Gasteiger partial charge in [0.15, 0.2) is 11.5 Å². The summed E-state index contributed by atoms with van der Waals surface area (Å²) < 4.78 is 15.8. The molecule has 0 bridgehead atoms. The van der Waals surface area contributed by atoms with Gasteiger partial charge in [0.05, 0.1) is 27.9 Å². The van der Waals surface area contributed by atoms with Crippen LogP contribution in [0, 0.1) is 0 Å². The molecule has 0 saturated heterocycles. The Bertz CT molecular complexity index is 783. The van der Waals surface area contributed by atoms with Crippen LogP contribution in [0.4, 0.5) is 5.69 Å². The highest BCUT2D eigenvalue weighted by Crippen LogP contribution is 2.39. The number of anilines is 1. The highest BCUT2D eigenvalue weighted by atomic mass is 16.5. The monoisotopic (exact) mass is 386 g/mol. The number of hydrogen-bond acceptors (Lipinski definition) is 5. The van der Waals surface area contributed by atoms with Crippen molar-refractivity contribution in [2.75, 3.05) is 39.7 Å². The zero-order valence-electron chi connectivity index (χ0n) is 16.7. The van der Waals surface area contributed by atoms with Gasteiger partial charge in [-0.25, -0.2) is 0 Å². The molecule has 2 aromatic rings. The molecule has 2 aromatic carbocycles. The Morgan fingerprint density at radius 1 is 0.964 bits per heavy atom. The summed E-state index contributed by atoms with van der Waals surface area (Å²) in [6.07, 6.45) is 0.678. The van der Waals surface area contributed by atoms with Crippen molar-refractivity contribution in [3.63, 3.8) is 0 Å². The second-order valence-corrected chi connectivity index (χ2v) is 6.14. The summed E-state index contributed by atoms with van der Waals surface area (Å²) in [4.78, 5) is 25.9. The van der Waals surface area contributed by atoms with Crippen LogP contribution in [0.15, 0.2) is 42.5 Å². The van der Waals surface area contributed by atoms with Gasteiger partial charge in [-0.15, -0.1) is 0 Å². The molecule has 28 heavy (non-hydrogen) atoms. The lowest BCUT2D eigenvalue weighted by Gasteiger charge is -2.21. The standard InChI is InChI=1S/C21H26N2O5/c1-15(24)23(11-10-16-8-6-5-7-9-16)14-20(25)22-17-12-18(26-2)21(28-4)19(13-17)27-3/h5-9,12-13H,10-11,14H2,1-4H3,(H,22,25). The summed E-state index contributed by atoms with van der Waals surface area (Å²) in [7, 11) is 4.52. The van der Waals surface area contributed by atoms with Gasteiger partial charge in [-0.3, -0.25) is 9.59 Å². The van der Waals surface area contributed by atoms with Crippen molar-refractivity contribution < 1.29 is 23.8 Å². The Morgan fingerprint density at radius 3 is 2.07 bits per heavy atom. The first-order chi connectivity index (χ1) is 13.5. The van der Waals surface area contributed by atoms with E-state index in [1.807, 2.05) is 30.3 Å². The van der Waals surface area contributed by atoms with Crippen molar-refractivity contribution in [3.05, 3.63) is 48.0 Å². The predicted octanol–water partition coefficient (Wildman–Crippen LogP) is 2.74. The average Bonchev–Trinajstić information content (AvgIpc) is 2.70. The van der Waals surface area contributed by atoms with Gasteiger partial charge in [-0.2, -0.15) is 0 Å². The molecule has 0 unspecified atom stereocenters. The summed E-state index contributed by atoms with van der Waals surface area (Å²) in [6.45, 7) is 1.87. The summed E-state index contributed by atoms with van der Waals surface area (Å²) >= 11 is 0. The highest BCUT2D eigenvalue weighted by molar-refractivity contribution is 5.94. The van der Waals surface area contributed by atoms with Crippen molar-refractivity contribution in [2.24, 2.45) is 0 Å². The second-order valence-electron chi connectivity index (χ2n) is 6.14. The first kappa shape index (κ1) is 21.1. The molecule has 7 heteroatoms. The molecule has 0 atom stereocenters. The smallest absolute Gasteiger partial charge is 0.244 e. The Hall–Kier alpha value is -3.22. The quantitative estimate of drug-likeness (QED) is 0.717. The number of rotatable bonds is 9. The van der Waals surface area contributed by atoms with Crippen molar-refractivity contribution >= 4 is 17.5 Å². The van der Waals surface area contributed by atoms with Gasteiger partial charge in [0.1, 0.15) is 0 Å². The van der Waals surface area contributed by atoms with E-state index in [9.17, 15) is 9.59 Å². The molecule has 0 aromatic heterocycles. The number of nitrogens with zero attached hydrogens (tertiary/aromatic N) is 1. The van der Waals surface area contributed by atoms with E-state index in [1.54, 1.807) is 12.1 Å². The van der Waals surface area contributed by atoms with Crippen LogP contribution in [0.5, 0.6) is 17.2 Å². The Kier molecular flexibility index (Phi) is 7.68. The number of methoxy groups -OCH3 is 3. The van der Waals surface area contributed by atoms with Crippen molar-refractivity contribution in [1.29, 1.82) is 0 Å². The molecule has 150 valence electrons. The summed E-state index contributed by atoms with van der Waals surface area (Å²) in [5, 5.41) is 2.78. The number of ether oxygens (including phenoxy) is 3. The maximum Gasteiger partial charge on any atom is 0.244 e. The van der Waals surface area contributed by atoms with Crippen LogP contribution in [0.1, 0.15) is 12.5 Å². The Balaban J connectivity index is 2.05. The molecule has 1 N–H and O–H groups in total. The topological polar surface area (TPSA) is 77.1 Å². The van der Waals surface area contributed by atoms with Gasteiger partial charge in [-0.1, -0.05) is 30.3 Å². The lowest BCUT2D eigenvalue weighted by atomic mass is 10.1. The minimum atomic E-state index is -0.308. The fourth-order valence-corrected chi connectivity index (χ4v) is 2.78. The Morgan fingerprint density at radius 2 is 1.57 bits per heavy atom. The van der Waals surface area contributed by atoms with E-state index in [1.165, 1.54) is 33.2 Å². The summed E-state index contributed by atoms with van der Waals surface area (Å²) in [5.41, 5.74) is 1.60. The summed E-state index contributed by atoms with van der Waals surface area (Å²) in [6, 6.07) is 13.1. The van der Waals surface area contributed by atoms with E-state index in [2.05, 4.69) is 5.32 Å². The number of carbonyl (C=O) groups is 2. The molecule has 7 nitrogen and oxygen atoms in total. The highest BCUT2D eigenvalue weighted by Gasteiger charge is 2.17. The lowest BCUT2D eigenvalue weighted by molar-refractivity contribution is -0.132. The van der Waals surface area contributed by atoms with Crippen LogP contribution in [0.2, 0.25) is 0 Å². The molecule has 2 rings (SSSR count). The van der Waals surface area contributed by atoms with Crippen LogP contribution in [0.25, 0.3) is 0 Å². The average molecular weight is 386 g/mol. The number of nitrogens with one attached hydrogen (secondary N) is 1. The van der Waals surface area contributed by atoms with Crippen LogP contribution in [-0.2, 0) is 16.0 Å². The number of hydrogen-bond donors (Lipinski definition) is 1. The molecule has 0 saturated carbocycles. The Labute approximate surface area is 165 Å². The van der Waals surface area contributed by atoms with Crippen LogP contribution in [-0.4, -0.2) is 51.1 Å². The van der Waals surface area contributed by atoms with E-state index >= 15 is 0 Å². The van der Waals surface area contributed by atoms with Gasteiger partial charge >= 0.3 is 0 Å². The minimum Gasteiger partial charge on any atom is -0.493 e. The molecular formula is C21H26N2O5. The van der Waals surface area contributed by atoms with E-state index in [0.717, 1.165) is 5.56 Å². The molecule has 0 fully saturated rings. The second kappa shape index (κ2) is 10.2. The first-order valence-electron chi connectivity index (χ1n) is 8.87. The molecule has 0 aliphatic rings. The number of benzene rings is 2. The first-order valence-corrected chi connectivity index (χ1v) is 8.87. The van der Waals surface area contributed by atoms with E-state index < -0.39 is 0 Å². The molecular weight excluding hydrogens is 360 g/mol. The lowest BCUT2D eigenvalue weighted by Crippen LogP contribution is -2.38. The van der Waals surface area contributed by atoms with Gasteiger partial charge in [0, 0.05) is 31.3 Å². The molecule has 0 heterocycles. The maximum absolute atomic E-state index is 12.5. The third kappa shape index (κ3) is 5.64. The fraction of sp³-hybridized carbons (Fsp3) is 0.333. The normalized spacial score (nSPS) is 10.1. The van der Waals surface area contributed by atoms with E-state index in [0.29, 0.717) is 35.9 Å². The zero-order valence-corrected chi connectivity index (χ0v) is 16.7. The summed E-state index contributed by atoms with van der Waals surface area (Å²) in [5.74, 6) is 0.846. The molecule has 2 amide bonds. The number of amides is 2. The third-order valence-electron chi connectivity index (χ3n) is 4.24. The molecule has 0 aliphatic heterocycles. The maximum atomic E-state index is 12.5. The van der Waals surface area contributed by atoms with Gasteiger partial charge in [0.2, 0.25) is 17.6 Å². The minimum absolute atomic E-state index is 0.0428. The SMILES string of the molecule is COc1cc(NC(=O)CN(CCc2ccccc2)C(C)=O)cc(OC)c1OC. The van der Waals surface area contributed by atoms with Crippen LogP contribution < -0.4 is 19.5 Å². The number of carbonyl (C=O) groups excluding carboxylic acids is 2. The van der Waals surface area contributed by atoms with Gasteiger partial charge in [-0.05, 0) is 12.0 Å². The third-order valence-corrected chi connectivity index (χ3v) is 4.24. The van der Waals surface area contributed by atoms with E-state index in [4.69, 9.17) is 14.2 Å². The van der Waals surface area contributed by atoms with Crippen LogP contribution >= 0.6 is 0 Å². The zero-order chi connectivity index (χ0) is 20.5. The molecule has 0 radical (unpaired) electrons. The van der Waals surface area contributed by atoms with Crippen molar-refractivity contribution in [2.45, 2.75) is 13.3 Å². The molecule has 0 aliphatic carbocycles. The van der Waals surface area contributed by atoms with Crippen molar-refractivity contribution in [3.8, 4) is 17.2 Å². The molecule has 0 spiro atoms. The fourth-order valence-electron chi connectivity index (χ4n) is 2.78. The predicted molar refractivity (Wildman–Crippen MR) is 107 cm³/mol. The van der Waals surface area contributed by atoms with Gasteiger partial charge in [0.25, 0.3) is 0 Å². The van der Waals surface area contributed by atoms with E-state index in [-0.39, 0.29) is 18.4 Å². The van der Waals surface area contributed by atoms with Gasteiger partial charge < -0.3 is 24.4 Å². The van der Waals surface area contributed by atoms with Crippen molar-refractivity contribution in [1.82, 2.24) is 4.90 Å². The largest absolute Gasteiger partial charge is 0.493 e. The van der Waals surface area contributed by atoms with Crippen LogP contribution in [0.3, 0.4) is 0 Å².